The molecule has 20 heavy (non-hydrogen) atoms. The Balaban J connectivity index is 0.00000361. The van der Waals surface area contributed by atoms with Gasteiger partial charge in [-0.2, -0.15) is 0 Å². The maximum absolute atomic E-state index is 11.9. The van der Waals surface area contributed by atoms with E-state index in [4.69, 9.17) is 10.5 Å². The Morgan fingerprint density at radius 1 is 1.30 bits per heavy atom. The fraction of sp³-hybridized carbons (Fsp3) is 0.533. The molecule has 114 valence electrons. The van der Waals surface area contributed by atoms with Crippen LogP contribution in [0.5, 0.6) is 5.75 Å². The summed E-state index contributed by atoms with van der Waals surface area (Å²) in [6, 6.07) is 7.65. The summed E-state index contributed by atoms with van der Waals surface area (Å²) >= 11 is 0. The highest BCUT2D eigenvalue weighted by atomic mass is 35.5. The molecule has 0 aliphatic rings. The zero-order chi connectivity index (χ0) is 14.5. The SMILES string of the molecule is Cc1ccc(OCC(=O)N(C)CC(C)(C)CN)cc1.Cl. The van der Waals surface area contributed by atoms with Crippen molar-refractivity contribution in [3.63, 3.8) is 0 Å². The highest BCUT2D eigenvalue weighted by Crippen LogP contribution is 2.15. The van der Waals surface area contributed by atoms with Gasteiger partial charge in [-0.1, -0.05) is 31.5 Å². The van der Waals surface area contributed by atoms with Gasteiger partial charge in [-0.15, -0.1) is 12.4 Å². The average Bonchev–Trinajstić information content (AvgIpc) is 2.37. The van der Waals surface area contributed by atoms with Crippen molar-refractivity contribution in [2.24, 2.45) is 11.1 Å². The molecule has 0 heterocycles. The van der Waals surface area contributed by atoms with Gasteiger partial charge in [-0.3, -0.25) is 4.79 Å². The van der Waals surface area contributed by atoms with Gasteiger partial charge in [0.05, 0.1) is 0 Å². The predicted molar refractivity (Wildman–Crippen MR) is 84.4 cm³/mol. The fourth-order valence-corrected chi connectivity index (χ4v) is 1.68. The van der Waals surface area contributed by atoms with Crippen LogP contribution in [0.3, 0.4) is 0 Å². The summed E-state index contributed by atoms with van der Waals surface area (Å²) in [6.07, 6.45) is 0. The number of nitrogens with two attached hydrogens (primary N) is 1. The van der Waals surface area contributed by atoms with Gasteiger partial charge in [-0.05, 0) is 31.0 Å². The number of hydrogen-bond donors (Lipinski definition) is 1. The lowest BCUT2D eigenvalue weighted by Crippen LogP contribution is -2.41. The lowest BCUT2D eigenvalue weighted by Gasteiger charge is -2.29. The van der Waals surface area contributed by atoms with Crippen molar-refractivity contribution in [3.8, 4) is 5.75 Å². The number of rotatable bonds is 6. The molecule has 0 radical (unpaired) electrons. The summed E-state index contributed by atoms with van der Waals surface area (Å²) in [6.45, 7) is 7.32. The molecule has 0 saturated carbocycles. The normalized spacial score (nSPS) is 10.7. The van der Waals surface area contributed by atoms with Gasteiger partial charge in [-0.25, -0.2) is 0 Å². The minimum Gasteiger partial charge on any atom is -0.484 e. The summed E-state index contributed by atoms with van der Waals surface area (Å²) < 4.78 is 5.47. The highest BCUT2D eigenvalue weighted by Gasteiger charge is 2.21. The van der Waals surface area contributed by atoms with Crippen LogP contribution < -0.4 is 10.5 Å². The second kappa shape index (κ2) is 8.12. The van der Waals surface area contributed by atoms with Crippen LogP contribution in [-0.4, -0.2) is 37.6 Å². The largest absolute Gasteiger partial charge is 0.484 e. The van der Waals surface area contributed by atoms with Crippen LogP contribution in [0.1, 0.15) is 19.4 Å². The Morgan fingerprint density at radius 3 is 2.35 bits per heavy atom. The van der Waals surface area contributed by atoms with Crippen molar-refractivity contribution in [1.82, 2.24) is 4.90 Å². The van der Waals surface area contributed by atoms with E-state index in [2.05, 4.69) is 0 Å². The van der Waals surface area contributed by atoms with Crippen molar-refractivity contribution in [1.29, 1.82) is 0 Å². The van der Waals surface area contributed by atoms with E-state index in [-0.39, 0.29) is 30.3 Å². The molecule has 0 saturated heterocycles. The minimum atomic E-state index is -0.0751. The lowest BCUT2D eigenvalue weighted by molar-refractivity contribution is -0.133. The summed E-state index contributed by atoms with van der Waals surface area (Å²) in [4.78, 5) is 13.6. The van der Waals surface area contributed by atoms with E-state index in [1.807, 2.05) is 45.0 Å². The van der Waals surface area contributed by atoms with Gasteiger partial charge in [0.2, 0.25) is 0 Å². The topological polar surface area (TPSA) is 55.6 Å². The number of ether oxygens (including phenoxy) is 1. The first-order valence-corrected chi connectivity index (χ1v) is 6.47. The predicted octanol–water partition coefficient (Wildman–Crippen LogP) is 2.24. The van der Waals surface area contributed by atoms with Crippen molar-refractivity contribution >= 4 is 18.3 Å². The molecule has 0 unspecified atom stereocenters. The number of nitrogens with zero attached hydrogens (tertiary/aromatic N) is 1. The van der Waals surface area contributed by atoms with Crippen LogP contribution in [0, 0.1) is 12.3 Å². The Morgan fingerprint density at radius 2 is 1.85 bits per heavy atom. The fourth-order valence-electron chi connectivity index (χ4n) is 1.68. The van der Waals surface area contributed by atoms with E-state index >= 15 is 0 Å². The van der Waals surface area contributed by atoms with Crippen LogP contribution >= 0.6 is 12.4 Å². The number of aryl methyl sites for hydroxylation is 1. The van der Waals surface area contributed by atoms with Gasteiger partial charge in [0.15, 0.2) is 6.61 Å². The molecule has 0 fully saturated rings. The quantitative estimate of drug-likeness (QED) is 0.876. The summed E-state index contributed by atoms with van der Waals surface area (Å²) in [5, 5.41) is 0. The molecule has 1 amide bonds. The zero-order valence-corrected chi connectivity index (χ0v) is 13.5. The monoisotopic (exact) mass is 300 g/mol. The molecule has 0 aliphatic heterocycles. The summed E-state index contributed by atoms with van der Waals surface area (Å²) in [5.41, 5.74) is 6.76. The van der Waals surface area contributed by atoms with Crippen LogP contribution in [0.4, 0.5) is 0 Å². The maximum atomic E-state index is 11.9. The third-order valence-electron chi connectivity index (χ3n) is 3.03. The highest BCUT2D eigenvalue weighted by molar-refractivity contribution is 5.85. The first kappa shape index (κ1) is 18.7. The summed E-state index contributed by atoms with van der Waals surface area (Å²) in [7, 11) is 1.78. The van der Waals surface area contributed by atoms with Crippen LogP contribution in [-0.2, 0) is 4.79 Å². The third-order valence-corrected chi connectivity index (χ3v) is 3.03. The number of benzene rings is 1. The Kier molecular flexibility index (Phi) is 7.61. The molecule has 0 bridgehead atoms. The Hall–Kier alpha value is -1.26. The molecule has 0 aromatic heterocycles. The molecule has 0 spiro atoms. The minimum absolute atomic E-state index is 0. The second-order valence-corrected chi connectivity index (χ2v) is 5.72. The van der Waals surface area contributed by atoms with Crippen LogP contribution in [0.15, 0.2) is 24.3 Å². The van der Waals surface area contributed by atoms with Gasteiger partial charge in [0, 0.05) is 13.6 Å². The third kappa shape index (κ3) is 6.26. The number of halogens is 1. The van der Waals surface area contributed by atoms with E-state index in [1.165, 1.54) is 5.56 Å². The first-order chi connectivity index (χ1) is 8.84. The molecule has 5 heteroatoms. The van der Waals surface area contributed by atoms with Crippen molar-refractivity contribution in [2.45, 2.75) is 20.8 Å². The molecule has 0 atom stereocenters. The van der Waals surface area contributed by atoms with Gasteiger partial charge < -0.3 is 15.4 Å². The standard InChI is InChI=1S/C15H24N2O2.ClH/c1-12-5-7-13(8-6-12)19-9-14(18)17(4)11-15(2,3)10-16;/h5-8H,9-11,16H2,1-4H3;1H. The smallest absolute Gasteiger partial charge is 0.260 e. The Bertz CT molecular complexity index is 418. The lowest BCUT2D eigenvalue weighted by atomic mass is 9.93. The van der Waals surface area contributed by atoms with Crippen LogP contribution in [0.2, 0.25) is 0 Å². The molecular weight excluding hydrogens is 276 g/mol. The molecule has 4 nitrogen and oxygen atoms in total. The number of hydrogen-bond acceptors (Lipinski definition) is 3. The first-order valence-electron chi connectivity index (χ1n) is 6.47. The molecule has 0 aliphatic carbocycles. The molecule has 1 rings (SSSR count). The number of amides is 1. The van der Waals surface area contributed by atoms with E-state index in [9.17, 15) is 4.79 Å². The van der Waals surface area contributed by atoms with Crippen molar-refractivity contribution < 1.29 is 9.53 Å². The Labute approximate surface area is 127 Å². The molecule has 1 aromatic rings. The average molecular weight is 301 g/mol. The second-order valence-electron chi connectivity index (χ2n) is 5.72. The molecule has 1 aromatic carbocycles. The molecule has 2 N–H and O–H groups in total. The van der Waals surface area contributed by atoms with Gasteiger partial charge in [0.25, 0.3) is 5.91 Å². The molecular formula is C15H25ClN2O2. The van der Waals surface area contributed by atoms with Crippen molar-refractivity contribution in [2.75, 3.05) is 26.7 Å². The maximum Gasteiger partial charge on any atom is 0.260 e. The van der Waals surface area contributed by atoms with Gasteiger partial charge >= 0.3 is 0 Å². The van der Waals surface area contributed by atoms with E-state index in [1.54, 1.807) is 11.9 Å². The zero-order valence-electron chi connectivity index (χ0n) is 12.7. The van der Waals surface area contributed by atoms with E-state index in [0.29, 0.717) is 18.8 Å². The number of carbonyl (C=O) groups is 1. The van der Waals surface area contributed by atoms with Crippen LogP contribution in [0.25, 0.3) is 0 Å². The van der Waals surface area contributed by atoms with Gasteiger partial charge in [0.1, 0.15) is 5.75 Å². The summed E-state index contributed by atoms with van der Waals surface area (Å²) in [5.74, 6) is 0.674. The number of likely N-dealkylation sites (N-methyl/N-ethyl adjacent to an activating group) is 1. The number of carbonyl (C=O) groups excluding carboxylic acids is 1. The van der Waals surface area contributed by atoms with E-state index in [0.717, 1.165) is 0 Å². The van der Waals surface area contributed by atoms with Crippen molar-refractivity contribution in [3.05, 3.63) is 29.8 Å². The van der Waals surface area contributed by atoms with E-state index < -0.39 is 0 Å².